The van der Waals surface area contributed by atoms with Crippen LogP contribution < -0.4 is 10.6 Å². The number of aliphatic imine (C=N–C) groups is 1. The number of hydrogen-bond acceptors (Lipinski definition) is 2. The SMILES string of the molecule is CCNC(=NCCc1ccn(-c2ccc(F)cc2)n1)NC1CC1C.I. The summed E-state index contributed by atoms with van der Waals surface area (Å²) in [7, 11) is 0. The third-order valence-electron chi connectivity index (χ3n) is 4.15. The molecule has 25 heavy (non-hydrogen) atoms. The van der Waals surface area contributed by atoms with Crippen LogP contribution in [-0.4, -0.2) is 34.9 Å². The van der Waals surface area contributed by atoms with Crippen LogP contribution in [0.5, 0.6) is 0 Å². The van der Waals surface area contributed by atoms with E-state index in [2.05, 4.69) is 34.6 Å². The molecule has 1 fully saturated rings. The third-order valence-corrected chi connectivity index (χ3v) is 4.15. The van der Waals surface area contributed by atoms with E-state index < -0.39 is 0 Å². The minimum absolute atomic E-state index is 0. The van der Waals surface area contributed by atoms with Gasteiger partial charge in [-0.3, -0.25) is 4.99 Å². The van der Waals surface area contributed by atoms with Crippen LogP contribution in [0.2, 0.25) is 0 Å². The predicted molar refractivity (Wildman–Crippen MR) is 109 cm³/mol. The maximum absolute atomic E-state index is 13.0. The van der Waals surface area contributed by atoms with Crippen LogP contribution in [0.4, 0.5) is 4.39 Å². The first-order valence-corrected chi connectivity index (χ1v) is 8.51. The summed E-state index contributed by atoms with van der Waals surface area (Å²) in [6.45, 7) is 5.84. The van der Waals surface area contributed by atoms with Gasteiger partial charge in [0, 0.05) is 31.7 Å². The topological polar surface area (TPSA) is 54.2 Å². The maximum atomic E-state index is 13.0. The van der Waals surface area contributed by atoms with Crippen molar-refractivity contribution in [3.05, 3.63) is 48.0 Å². The summed E-state index contributed by atoms with van der Waals surface area (Å²) < 4.78 is 14.7. The Labute approximate surface area is 165 Å². The van der Waals surface area contributed by atoms with Gasteiger partial charge < -0.3 is 10.6 Å². The molecule has 1 aliphatic rings. The average Bonchev–Trinajstić information content (AvgIpc) is 3.07. The van der Waals surface area contributed by atoms with Crippen LogP contribution in [-0.2, 0) is 6.42 Å². The number of nitrogens with one attached hydrogen (secondary N) is 2. The fraction of sp³-hybridized carbons (Fsp3) is 0.444. The summed E-state index contributed by atoms with van der Waals surface area (Å²) in [5, 5.41) is 11.2. The molecule has 2 aromatic rings. The number of halogens is 2. The molecule has 1 aromatic carbocycles. The quantitative estimate of drug-likeness (QED) is 0.398. The fourth-order valence-corrected chi connectivity index (χ4v) is 2.53. The van der Waals surface area contributed by atoms with Crippen molar-refractivity contribution in [2.24, 2.45) is 10.9 Å². The first-order chi connectivity index (χ1) is 11.7. The zero-order valence-electron chi connectivity index (χ0n) is 14.6. The molecule has 1 heterocycles. The molecule has 136 valence electrons. The molecule has 2 unspecified atom stereocenters. The molecule has 1 aliphatic carbocycles. The third kappa shape index (κ3) is 5.69. The second kappa shape index (κ2) is 9.17. The van der Waals surface area contributed by atoms with Gasteiger partial charge in [0.05, 0.1) is 11.4 Å². The monoisotopic (exact) mass is 457 g/mol. The Morgan fingerprint density at radius 1 is 1.32 bits per heavy atom. The summed E-state index contributed by atoms with van der Waals surface area (Å²) in [6, 6.07) is 8.84. The highest BCUT2D eigenvalue weighted by molar-refractivity contribution is 14.0. The van der Waals surface area contributed by atoms with Crippen molar-refractivity contribution < 1.29 is 4.39 Å². The Morgan fingerprint density at radius 2 is 2.04 bits per heavy atom. The summed E-state index contributed by atoms with van der Waals surface area (Å²) in [4.78, 5) is 4.61. The van der Waals surface area contributed by atoms with E-state index in [1.54, 1.807) is 16.8 Å². The van der Waals surface area contributed by atoms with Gasteiger partial charge in [-0.25, -0.2) is 9.07 Å². The highest BCUT2D eigenvalue weighted by atomic mass is 127. The lowest BCUT2D eigenvalue weighted by atomic mass is 10.3. The van der Waals surface area contributed by atoms with E-state index in [0.29, 0.717) is 12.6 Å². The van der Waals surface area contributed by atoms with E-state index in [1.165, 1.54) is 18.6 Å². The normalized spacial score (nSPS) is 19.2. The molecule has 1 aromatic heterocycles. The Morgan fingerprint density at radius 3 is 2.68 bits per heavy atom. The first-order valence-electron chi connectivity index (χ1n) is 8.51. The molecule has 0 saturated heterocycles. The van der Waals surface area contributed by atoms with Crippen molar-refractivity contribution in [2.75, 3.05) is 13.1 Å². The summed E-state index contributed by atoms with van der Waals surface area (Å²) >= 11 is 0. The Bertz CT molecular complexity index is 698. The molecule has 2 atom stereocenters. The van der Waals surface area contributed by atoms with E-state index >= 15 is 0 Å². The van der Waals surface area contributed by atoms with Crippen LogP contribution in [0.3, 0.4) is 0 Å². The Balaban J connectivity index is 0.00000225. The molecule has 0 amide bonds. The van der Waals surface area contributed by atoms with E-state index in [0.717, 1.165) is 36.2 Å². The maximum Gasteiger partial charge on any atom is 0.191 e. The lowest BCUT2D eigenvalue weighted by Gasteiger charge is -2.10. The van der Waals surface area contributed by atoms with Crippen LogP contribution >= 0.6 is 24.0 Å². The molecule has 0 bridgehead atoms. The van der Waals surface area contributed by atoms with Crippen molar-refractivity contribution in [1.82, 2.24) is 20.4 Å². The van der Waals surface area contributed by atoms with Gasteiger partial charge in [-0.05, 0) is 49.6 Å². The summed E-state index contributed by atoms with van der Waals surface area (Å²) in [5.74, 6) is 1.37. The highest BCUT2D eigenvalue weighted by Gasteiger charge is 2.33. The zero-order valence-corrected chi connectivity index (χ0v) is 16.9. The Kier molecular flexibility index (Phi) is 7.22. The zero-order chi connectivity index (χ0) is 16.9. The standard InChI is InChI=1S/C18H24FN5.HI/c1-3-20-18(22-17-12-13(17)2)21-10-8-15-9-11-24(23-15)16-6-4-14(19)5-7-16;/h4-7,9,11,13,17H,3,8,10,12H2,1-2H3,(H2,20,21,22);1H. The van der Waals surface area contributed by atoms with E-state index in [9.17, 15) is 4.39 Å². The van der Waals surface area contributed by atoms with Crippen molar-refractivity contribution in [3.8, 4) is 5.69 Å². The van der Waals surface area contributed by atoms with Crippen LogP contribution in [0.15, 0.2) is 41.5 Å². The number of rotatable bonds is 6. The minimum atomic E-state index is -0.242. The lowest BCUT2D eigenvalue weighted by Crippen LogP contribution is -2.39. The Hall–Kier alpha value is -1.64. The molecular formula is C18H25FIN5. The number of guanidine groups is 1. The summed E-state index contributed by atoms with van der Waals surface area (Å²) in [5.41, 5.74) is 1.82. The number of nitrogens with zero attached hydrogens (tertiary/aromatic N) is 3. The van der Waals surface area contributed by atoms with Gasteiger partial charge in [-0.2, -0.15) is 5.10 Å². The number of benzene rings is 1. The van der Waals surface area contributed by atoms with E-state index in [4.69, 9.17) is 0 Å². The van der Waals surface area contributed by atoms with Crippen LogP contribution in [0.25, 0.3) is 5.69 Å². The number of hydrogen-bond donors (Lipinski definition) is 2. The molecule has 0 aliphatic heterocycles. The van der Waals surface area contributed by atoms with Gasteiger partial charge in [0.2, 0.25) is 0 Å². The molecule has 0 spiro atoms. The van der Waals surface area contributed by atoms with Gasteiger partial charge >= 0.3 is 0 Å². The van der Waals surface area contributed by atoms with Gasteiger partial charge in [0.25, 0.3) is 0 Å². The highest BCUT2D eigenvalue weighted by Crippen LogP contribution is 2.28. The van der Waals surface area contributed by atoms with Crippen LogP contribution in [0.1, 0.15) is 26.0 Å². The van der Waals surface area contributed by atoms with Gasteiger partial charge in [-0.15, -0.1) is 24.0 Å². The second-order valence-corrected chi connectivity index (χ2v) is 6.20. The second-order valence-electron chi connectivity index (χ2n) is 6.20. The fourth-order valence-electron chi connectivity index (χ4n) is 2.53. The lowest BCUT2D eigenvalue weighted by molar-refractivity contribution is 0.627. The largest absolute Gasteiger partial charge is 0.357 e. The average molecular weight is 457 g/mol. The van der Waals surface area contributed by atoms with Crippen molar-refractivity contribution in [1.29, 1.82) is 0 Å². The minimum Gasteiger partial charge on any atom is -0.357 e. The van der Waals surface area contributed by atoms with Crippen molar-refractivity contribution in [2.45, 2.75) is 32.7 Å². The molecule has 7 heteroatoms. The van der Waals surface area contributed by atoms with Gasteiger partial charge in [0.1, 0.15) is 5.82 Å². The molecular weight excluding hydrogens is 432 g/mol. The van der Waals surface area contributed by atoms with Gasteiger partial charge in [0.15, 0.2) is 5.96 Å². The first kappa shape index (κ1) is 19.7. The molecule has 0 radical (unpaired) electrons. The van der Waals surface area contributed by atoms with Crippen molar-refractivity contribution >= 4 is 29.9 Å². The molecule has 5 nitrogen and oxygen atoms in total. The molecule has 2 N–H and O–H groups in total. The van der Waals surface area contributed by atoms with Gasteiger partial charge in [-0.1, -0.05) is 6.92 Å². The van der Waals surface area contributed by atoms with E-state index in [1.807, 2.05) is 12.3 Å². The van der Waals surface area contributed by atoms with E-state index in [-0.39, 0.29) is 29.8 Å². The predicted octanol–water partition coefficient (Wildman–Crippen LogP) is 3.14. The number of aromatic nitrogens is 2. The van der Waals surface area contributed by atoms with Crippen molar-refractivity contribution in [3.63, 3.8) is 0 Å². The smallest absolute Gasteiger partial charge is 0.191 e. The van der Waals surface area contributed by atoms with Crippen LogP contribution in [0, 0.1) is 11.7 Å². The molecule has 1 saturated carbocycles. The molecule has 3 rings (SSSR count). The summed E-state index contributed by atoms with van der Waals surface area (Å²) in [6.07, 6.45) is 3.87.